The summed E-state index contributed by atoms with van der Waals surface area (Å²) >= 11 is 0. The van der Waals surface area contributed by atoms with Gasteiger partial charge in [-0.1, -0.05) is 42.5 Å². The zero-order chi connectivity index (χ0) is 21.1. The van der Waals surface area contributed by atoms with Crippen molar-refractivity contribution in [2.24, 2.45) is 0 Å². The van der Waals surface area contributed by atoms with Crippen LogP contribution in [-0.2, 0) is 19.4 Å². The number of rotatable bonds is 6. The van der Waals surface area contributed by atoms with Crippen LogP contribution in [0.15, 0.2) is 75.9 Å². The number of fused-ring (bicyclic) bond motifs is 1. The summed E-state index contributed by atoms with van der Waals surface area (Å²) in [5, 5.41) is 0.588. The first-order valence-electron chi connectivity index (χ1n) is 10.1. The second-order valence-electron chi connectivity index (χ2n) is 7.56. The molecule has 0 aliphatic rings. The maximum Gasteiger partial charge on any atom is 0.195 e. The number of benzene rings is 3. The molecule has 4 heteroatoms. The second-order valence-corrected chi connectivity index (χ2v) is 7.56. The van der Waals surface area contributed by atoms with Gasteiger partial charge in [-0.3, -0.25) is 4.79 Å². The summed E-state index contributed by atoms with van der Waals surface area (Å²) in [7, 11) is 0. The summed E-state index contributed by atoms with van der Waals surface area (Å²) in [6.07, 6.45) is 1.39. The minimum Gasteiger partial charge on any atom is -0.488 e. The lowest BCUT2D eigenvalue weighted by atomic mass is 10.0. The quantitative estimate of drug-likeness (QED) is 0.444. The number of hydrogen-bond donors (Lipinski definition) is 1. The molecular formula is C26H25NO3. The lowest BCUT2D eigenvalue weighted by Gasteiger charge is -2.13. The predicted molar refractivity (Wildman–Crippen MR) is 121 cm³/mol. The Balaban J connectivity index is 1.64. The van der Waals surface area contributed by atoms with Crippen molar-refractivity contribution in [2.45, 2.75) is 33.3 Å². The van der Waals surface area contributed by atoms with Crippen LogP contribution in [0.3, 0.4) is 0 Å². The van der Waals surface area contributed by atoms with Crippen LogP contribution in [0.4, 0.5) is 5.69 Å². The molecule has 0 spiro atoms. The molecule has 0 unspecified atom stereocenters. The Labute approximate surface area is 175 Å². The molecule has 1 heterocycles. The third-order valence-electron chi connectivity index (χ3n) is 5.41. The van der Waals surface area contributed by atoms with E-state index in [1.165, 1.54) is 0 Å². The van der Waals surface area contributed by atoms with E-state index in [4.69, 9.17) is 14.9 Å². The summed E-state index contributed by atoms with van der Waals surface area (Å²) in [5.41, 5.74) is 10.9. The van der Waals surface area contributed by atoms with Crippen molar-refractivity contribution in [1.82, 2.24) is 0 Å². The molecule has 0 saturated carbocycles. The van der Waals surface area contributed by atoms with Crippen LogP contribution in [-0.4, -0.2) is 0 Å². The Kier molecular flexibility index (Phi) is 5.57. The van der Waals surface area contributed by atoms with Gasteiger partial charge in [0.1, 0.15) is 23.7 Å². The Morgan fingerprint density at radius 1 is 0.867 bits per heavy atom. The van der Waals surface area contributed by atoms with Gasteiger partial charge >= 0.3 is 0 Å². The average molecular weight is 399 g/mol. The minimum absolute atomic E-state index is 0.0107. The number of ether oxygens (including phenoxy) is 1. The summed E-state index contributed by atoms with van der Waals surface area (Å²) in [4.78, 5) is 12.9. The third kappa shape index (κ3) is 4.08. The standard InChI is InChI=1S/C26H25NO3/c1-17-24(13-11-19-9-6-10-21(27)15-19)30-26-18(2)23(14-12-22(26)25(17)28)29-16-20-7-4-3-5-8-20/h3-10,12,14-15H,11,13,16,27H2,1-2H3. The number of hydrogen-bond acceptors (Lipinski definition) is 4. The van der Waals surface area contributed by atoms with Gasteiger partial charge in [-0.25, -0.2) is 0 Å². The summed E-state index contributed by atoms with van der Waals surface area (Å²) < 4.78 is 12.2. The Hall–Kier alpha value is -3.53. The molecular weight excluding hydrogens is 374 g/mol. The number of aryl methyl sites for hydroxylation is 3. The first kappa shape index (κ1) is 19.8. The monoisotopic (exact) mass is 399 g/mol. The van der Waals surface area contributed by atoms with Crippen LogP contribution in [0, 0.1) is 13.8 Å². The van der Waals surface area contributed by atoms with Gasteiger partial charge in [0.05, 0.1) is 5.39 Å². The van der Waals surface area contributed by atoms with E-state index in [1.54, 1.807) is 6.07 Å². The summed E-state index contributed by atoms with van der Waals surface area (Å²) in [5.74, 6) is 1.43. The van der Waals surface area contributed by atoms with Gasteiger partial charge in [0.2, 0.25) is 0 Å². The highest BCUT2D eigenvalue weighted by atomic mass is 16.5. The van der Waals surface area contributed by atoms with E-state index in [2.05, 4.69) is 0 Å². The highest BCUT2D eigenvalue weighted by molar-refractivity contribution is 5.82. The minimum atomic E-state index is 0.0107. The van der Waals surface area contributed by atoms with Gasteiger partial charge in [0.15, 0.2) is 5.43 Å². The van der Waals surface area contributed by atoms with Crippen LogP contribution in [0.1, 0.15) is 28.0 Å². The fourth-order valence-corrected chi connectivity index (χ4v) is 3.65. The Morgan fingerprint density at radius 2 is 1.63 bits per heavy atom. The maximum absolute atomic E-state index is 12.9. The number of nitrogen functional groups attached to an aromatic ring is 1. The largest absolute Gasteiger partial charge is 0.488 e. The topological polar surface area (TPSA) is 65.5 Å². The molecule has 0 radical (unpaired) electrons. The molecule has 4 nitrogen and oxygen atoms in total. The Bertz CT molecular complexity index is 1240. The maximum atomic E-state index is 12.9. The highest BCUT2D eigenvalue weighted by Crippen LogP contribution is 2.28. The zero-order valence-electron chi connectivity index (χ0n) is 17.3. The van der Waals surface area contributed by atoms with Crippen molar-refractivity contribution >= 4 is 16.7 Å². The molecule has 0 saturated heterocycles. The summed E-state index contributed by atoms with van der Waals surface area (Å²) in [6, 6.07) is 21.4. The second kappa shape index (κ2) is 8.46. The van der Waals surface area contributed by atoms with Gasteiger partial charge in [-0.05, 0) is 55.7 Å². The van der Waals surface area contributed by atoms with Crippen molar-refractivity contribution in [1.29, 1.82) is 0 Å². The molecule has 0 aliphatic carbocycles. The molecule has 2 N–H and O–H groups in total. The summed E-state index contributed by atoms with van der Waals surface area (Å²) in [6.45, 7) is 4.23. The van der Waals surface area contributed by atoms with E-state index in [9.17, 15) is 4.79 Å². The lowest BCUT2D eigenvalue weighted by Crippen LogP contribution is -2.11. The van der Waals surface area contributed by atoms with Gasteiger partial charge in [0.25, 0.3) is 0 Å². The third-order valence-corrected chi connectivity index (χ3v) is 5.41. The van der Waals surface area contributed by atoms with E-state index >= 15 is 0 Å². The van der Waals surface area contributed by atoms with Crippen LogP contribution in [0.25, 0.3) is 11.0 Å². The molecule has 1 aromatic heterocycles. The fourth-order valence-electron chi connectivity index (χ4n) is 3.65. The van der Waals surface area contributed by atoms with Crippen molar-refractivity contribution < 1.29 is 9.15 Å². The van der Waals surface area contributed by atoms with Gasteiger partial charge in [-0.2, -0.15) is 0 Å². The van der Waals surface area contributed by atoms with Crippen LogP contribution >= 0.6 is 0 Å². The first-order chi connectivity index (χ1) is 14.5. The van der Waals surface area contributed by atoms with Crippen LogP contribution in [0.2, 0.25) is 0 Å². The van der Waals surface area contributed by atoms with Crippen molar-refractivity contribution in [3.05, 3.63) is 105 Å². The van der Waals surface area contributed by atoms with Gasteiger partial charge in [0, 0.05) is 23.2 Å². The van der Waals surface area contributed by atoms with Crippen LogP contribution in [0.5, 0.6) is 5.75 Å². The van der Waals surface area contributed by atoms with E-state index in [-0.39, 0.29) is 5.43 Å². The molecule has 3 aromatic carbocycles. The Morgan fingerprint density at radius 3 is 2.40 bits per heavy atom. The van der Waals surface area contributed by atoms with E-state index in [0.717, 1.165) is 34.5 Å². The molecule has 0 atom stereocenters. The highest BCUT2D eigenvalue weighted by Gasteiger charge is 2.15. The van der Waals surface area contributed by atoms with E-state index in [1.807, 2.05) is 74.5 Å². The molecule has 152 valence electrons. The number of nitrogens with two attached hydrogens (primary N) is 1. The molecule has 30 heavy (non-hydrogen) atoms. The van der Waals surface area contributed by atoms with E-state index in [0.29, 0.717) is 35.3 Å². The molecule has 0 amide bonds. The van der Waals surface area contributed by atoms with Gasteiger partial charge < -0.3 is 14.9 Å². The molecule has 4 rings (SSSR count). The predicted octanol–water partition coefficient (Wildman–Crippen LogP) is 5.36. The molecule has 4 aromatic rings. The molecule has 0 aliphatic heterocycles. The van der Waals surface area contributed by atoms with Crippen molar-refractivity contribution in [3.63, 3.8) is 0 Å². The van der Waals surface area contributed by atoms with Crippen molar-refractivity contribution in [3.8, 4) is 5.75 Å². The van der Waals surface area contributed by atoms with Crippen LogP contribution < -0.4 is 15.9 Å². The fraction of sp³-hybridized carbons (Fsp3) is 0.192. The molecule has 0 fully saturated rings. The SMILES string of the molecule is Cc1c(CCc2cccc(N)c2)oc2c(C)c(OCc3ccccc3)ccc2c1=O. The smallest absolute Gasteiger partial charge is 0.195 e. The number of anilines is 1. The molecule has 0 bridgehead atoms. The van der Waals surface area contributed by atoms with E-state index < -0.39 is 0 Å². The lowest BCUT2D eigenvalue weighted by molar-refractivity contribution is 0.304. The van der Waals surface area contributed by atoms with Gasteiger partial charge in [-0.15, -0.1) is 0 Å². The first-order valence-corrected chi connectivity index (χ1v) is 10.1. The normalized spacial score (nSPS) is 11.0. The van der Waals surface area contributed by atoms with Crippen molar-refractivity contribution in [2.75, 3.05) is 5.73 Å². The zero-order valence-corrected chi connectivity index (χ0v) is 17.3. The average Bonchev–Trinajstić information content (AvgIpc) is 2.76.